The molecule has 3 aromatic rings. The molecule has 4 heterocycles. The maximum Gasteiger partial charge on any atom is 0.262 e. The van der Waals surface area contributed by atoms with Gasteiger partial charge in [0.2, 0.25) is 17.7 Å². The molecule has 6 amide bonds. The zero-order valence-corrected chi connectivity index (χ0v) is 30.1. The average Bonchev–Trinajstić information content (AvgIpc) is 3.66. The number of fused-ring (bicyclic) bond motifs is 3. The van der Waals surface area contributed by atoms with E-state index >= 15 is 0 Å². The lowest BCUT2D eigenvalue weighted by molar-refractivity contribution is -0.136. The first-order chi connectivity index (χ1) is 26.0. The van der Waals surface area contributed by atoms with Gasteiger partial charge in [0, 0.05) is 50.3 Å². The van der Waals surface area contributed by atoms with Gasteiger partial charge in [-0.3, -0.25) is 43.9 Å². The first-order valence-electron chi connectivity index (χ1n) is 18.2. The number of hydrogen-bond acceptors (Lipinski definition) is 9. The minimum absolute atomic E-state index is 0.00868. The van der Waals surface area contributed by atoms with Crippen molar-refractivity contribution in [2.75, 3.05) is 13.1 Å². The summed E-state index contributed by atoms with van der Waals surface area (Å²) in [5, 5.41) is 14.8. The largest absolute Gasteiger partial charge is 0.490 e. The number of rotatable bonds is 7. The van der Waals surface area contributed by atoms with Gasteiger partial charge in [-0.1, -0.05) is 17.7 Å². The van der Waals surface area contributed by atoms with Crippen LogP contribution in [0.25, 0.3) is 0 Å². The Kier molecular flexibility index (Phi) is 9.41. The van der Waals surface area contributed by atoms with Gasteiger partial charge in [0.05, 0.1) is 34.4 Å². The van der Waals surface area contributed by atoms with Crippen LogP contribution in [0, 0.1) is 11.3 Å². The summed E-state index contributed by atoms with van der Waals surface area (Å²) in [6, 6.07) is 15.2. The highest BCUT2D eigenvalue weighted by Gasteiger charge is 2.45. The summed E-state index contributed by atoms with van der Waals surface area (Å²) >= 11 is 6.14. The number of amides is 6. The molecule has 1 saturated heterocycles. The highest BCUT2D eigenvalue weighted by atomic mass is 35.5. The summed E-state index contributed by atoms with van der Waals surface area (Å²) in [4.78, 5) is 82.0. The van der Waals surface area contributed by atoms with Crippen LogP contribution < -0.4 is 15.4 Å². The number of benzene rings is 3. The molecule has 0 spiro atoms. The third-order valence-corrected chi connectivity index (χ3v) is 11.4. The quantitative estimate of drug-likeness (QED) is 0.343. The number of carbonyl (C=O) groups excluding carboxylic acids is 6. The van der Waals surface area contributed by atoms with Crippen molar-refractivity contribution in [2.45, 2.75) is 82.8 Å². The second-order valence-corrected chi connectivity index (χ2v) is 15.0. The summed E-state index contributed by atoms with van der Waals surface area (Å²) in [5.74, 6) is -1.67. The van der Waals surface area contributed by atoms with E-state index in [1.54, 1.807) is 30.3 Å². The topological polar surface area (TPSA) is 169 Å². The number of nitriles is 1. The van der Waals surface area contributed by atoms with Gasteiger partial charge in [-0.25, -0.2) is 0 Å². The summed E-state index contributed by atoms with van der Waals surface area (Å²) in [6.45, 7) is 2.03. The van der Waals surface area contributed by atoms with Crippen molar-refractivity contribution < 1.29 is 33.5 Å². The van der Waals surface area contributed by atoms with Gasteiger partial charge < -0.3 is 15.0 Å². The Balaban J connectivity index is 0.819. The van der Waals surface area contributed by atoms with Crippen LogP contribution in [0.1, 0.15) is 97.4 Å². The molecule has 1 aliphatic carbocycles. The van der Waals surface area contributed by atoms with Crippen molar-refractivity contribution in [2.24, 2.45) is 0 Å². The zero-order valence-electron chi connectivity index (χ0n) is 29.4. The highest BCUT2D eigenvalue weighted by Crippen LogP contribution is 2.34. The van der Waals surface area contributed by atoms with Gasteiger partial charge in [-0.05, 0) is 97.2 Å². The smallest absolute Gasteiger partial charge is 0.262 e. The molecule has 0 bridgehead atoms. The molecule has 1 atom stereocenters. The Morgan fingerprint density at radius 1 is 0.852 bits per heavy atom. The van der Waals surface area contributed by atoms with E-state index in [0.29, 0.717) is 54.5 Å². The molecule has 0 radical (unpaired) electrons. The molecule has 14 heteroatoms. The number of halogens is 1. The average molecular weight is 749 g/mol. The SMILES string of the molecule is N#Cc1ccc(O[C@H]2CC[C@H](NC(=O)c3ccc4c(c3)CCN(C(=O)CN3Cc5cc6c(cc5C3)C(=O)N(C3CCC(=O)NC3=O)C6=O)C4)CC2)cc1Cl. The van der Waals surface area contributed by atoms with Crippen LogP contribution in [0.3, 0.4) is 0 Å². The Hall–Kier alpha value is -5.58. The zero-order chi connectivity index (χ0) is 37.7. The van der Waals surface area contributed by atoms with Crippen LogP contribution in [0.4, 0.5) is 0 Å². The van der Waals surface area contributed by atoms with Crippen molar-refractivity contribution >= 4 is 47.0 Å². The molecule has 1 unspecified atom stereocenters. The van der Waals surface area contributed by atoms with Gasteiger partial charge in [0.1, 0.15) is 17.9 Å². The lowest BCUT2D eigenvalue weighted by Gasteiger charge is -2.31. The fourth-order valence-electron chi connectivity index (χ4n) is 8.19. The van der Waals surface area contributed by atoms with E-state index in [1.165, 1.54) is 0 Å². The Morgan fingerprint density at radius 3 is 2.24 bits per heavy atom. The van der Waals surface area contributed by atoms with Crippen LogP contribution in [0.2, 0.25) is 5.02 Å². The first-order valence-corrected chi connectivity index (χ1v) is 18.6. The van der Waals surface area contributed by atoms with Gasteiger partial charge in [0.15, 0.2) is 0 Å². The van der Waals surface area contributed by atoms with Gasteiger partial charge >= 0.3 is 0 Å². The van der Waals surface area contributed by atoms with Crippen molar-refractivity contribution in [1.29, 1.82) is 5.26 Å². The van der Waals surface area contributed by atoms with Crippen LogP contribution >= 0.6 is 11.6 Å². The van der Waals surface area contributed by atoms with Gasteiger partial charge in [0.25, 0.3) is 17.7 Å². The van der Waals surface area contributed by atoms with Crippen LogP contribution in [-0.2, 0) is 40.4 Å². The molecular weight excluding hydrogens is 712 g/mol. The molecule has 5 aliphatic rings. The number of nitrogens with zero attached hydrogens (tertiary/aromatic N) is 4. The molecule has 4 aliphatic heterocycles. The second kappa shape index (κ2) is 14.3. The Labute approximate surface area is 316 Å². The molecule has 13 nitrogen and oxygen atoms in total. The third-order valence-electron chi connectivity index (χ3n) is 11.1. The number of hydrogen-bond donors (Lipinski definition) is 2. The number of nitrogens with one attached hydrogen (secondary N) is 2. The van der Waals surface area contributed by atoms with Crippen LogP contribution in [0.15, 0.2) is 48.5 Å². The summed E-state index contributed by atoms with van der Waals surface area (Å²) in [7, 11) is 0. The van der Waals surface area contributed by atoms with Crippen molar-refractivity contribution in [3.8, 4) is 11.8 Å². The predicted molar refractivity (Wildman–Crippen MR) is 193 cm³/mol. The maximum absolute atomic E-state index is 13.5. The molecule has 1 saturated carbocycles. The van der Waals surface area contributed by atoms with Crippen LogP contribution in [0.5, 0.6) is 5.75 Å². The number of carbonyl (C=O) groups is 6. The van der Waals surface area contributed by atoms with Crippen molar-refractivity contribution in [3.05, 3.63) is 98.1 Å². The van der Waals surface area contributed by atoms with Crippen molar-refractivity contribution in [1.82, 2.24) is 25.3 Å². The molecule has 2 N–H and O–H groups in total. The summed E-state index contributed by atoms with van der Waals surface area (Å²) < 4.78 is 6.08. The van der Waals surface area contributed by atoms with Crippen molar-refractivity contribution in [3.63, 3.8) is 0 Å². The molecule has 54 heavy (non-hydrogen) atoms. The third kappa shape index (κ3) is 6.83. The van der Waals surface area contributed by atoms with E-state index in [4.69, 9.17) is 21.6 Å². The Bertz CT molecular complexity index is 2130. The lowest BCUT2D eigenvalue weighted by Crippen LogP contribution is -2.54. The summed E-state index contributed by atoms with van der Waals surface area (Å²) in [6.07, 6.45) is 3.93. The number of ether oxygens (including phenoxy) is 1. The van der Waals surface area contributed by atoms with Gasteiger partial charge in [-0.2, -0.15) is 5.26 Å². The molecule has 2 fully saturated rings. The van der Waals surface area contributed by atoms with E-state index < -0.39 is 29.7 Å². The predicted octanol–water partition coefficient (Wildman–Crippen LogP) is 3.63. The molecule has 276 valence electrons. The summed E-state index contributed by atoms with van der Waals surface area (Å²) in [5.41, 5.74) is 5.25. The monoisotopic (exact) mass is 748 g/mol. The second-order valence-electron chi connectivity index (χ2n) is 14.6. The molecule has 0 aromatic heterocycles. The Morgan fingerprint density at radius 2 is 1.57 bits per heavy atom. The van der Waals surface area contributed by atoms with Crippen LogP contribution in [-0.4, -0.2) is 81.4 Å². The fourth-order valence-corrected chi connectivity index (χ4v) is 8.41. The minimum atomic E-state index is -1.02. The van der Waals surface area contributed by atoms with E-state index in [9.17, 15) is 28.8 Å². The number of piperidine rings is 1. The standard InChI is InChI=1S/C40H37ClN6O7/c41-33-16-30(6-3-24(33)17-42)54-29-7-4-28(5-8-29)43-37(50)23-1-2-25-20-46(12-11-22(25)13-23)36(49)21-45-18-26-14-31-32(15-27(26)19-45)40(53)47(39(31)52)34-9-10-35(48)44-38(34)51/h1-3,6,13-16,28-29,34H,4-5,7-12,18-21H2,(H,43,50)(H,44,48,51)/t28-,29-,34?. The maximum atomic E-state index is 13.5. The normalized spacial score (nSPS) is 22.3. The van der Waals surface area contributed by atoms with E-state index in [-0.39, 0.29) is 54.5 Å². The van der Waals surface area contributed by atoms with E-state index in [2.05, 4.69) is 10.6 Å². The number of imide groups is 2. The molecule has 3 aromatic carbocycles. The van der Waals surface area contributed by atoms with E-state index in [1.807, 2.05) is 34.1 Å². The molecule has 8 rings (SSSR count). The van der Waals surface area contributed by atoms with E-state index in [0.717, 1.165) is 52.8 Å². The minimum Gasteiger partial charge on any atom is -0.490 e. The molecular formula is C40H37ClN6O7. The highest BCUT2D eigenvalue weighted by molar-refractivity contribution is 6.31. The van der Waals surface area contributed by atoms with Gasteiger partial charge in [-0.15, -0.1) is 0 Å². The lowest BCUT2D eigenvalue weighted by atomic mass is 9.92. The fraction of sp³-hybridized carbons (Fsp3) is 0.375. The first kappa shape index (κ1) is 35.4.